The van der Waals surface area contributed by atoms with Crippen molar-refractivity contribution < 1.29 is 14.7 Å². The van der Waals surface area contributed by atoms with Crippen molar-refractivity contribution in [1.82, 2.24) is 25.9 Å². The maximum atomic E-state index is 11.5. The fraction of sp³-hybridized carbons (Fsp3) is 0.625. The summed E-state index contributed by atoms with van der Waals surface area (Å²) < 4.78 is 0. The Labute approximate surface area is 91.4 Å². The number of amides is 1. The van der Waals surface area contributed by atoms with Crippen LogP contribution in [0.4, 0.5) is 0 Å². The van der Waals surface area contributed by atoms with E-state index < -0.39 is 17.4 Å². The number of hydrogen-bond donors (Lipinski definition) is 3. The molecular formula is C8H13N5O3. The summed E-state index contributed by atoms with van der Waals surface area (Å²) in [6, 6.07) is 0. The van der Waals surface area contributed by atoms with Crippen LogP contribution in [-0.4, -0.2) is 43.1 Å². The van der Waals surface area contributed by atoms with Crippen LogP contribution in [0, 0.1) is 0 Å². The van der Waals surface area contributed by atoms with Gasteiger partial charge in [-0.1, -0.05) is 0 Å². The molecule has 1 heterocycles. The van der Waals surface area contributed by atoms with Gasteiger partial charge in [-0.3, -0.25) is 9.59 Å². The van der Waals surface area contributed by atoms with Gasteiger partial charge in [-0.15, -0.1) is 10.2 Å². The first-order valence-corrected chi connectivity index (χ1v) is 4.68. The third kappa shape index (κ3) is 3.64. The molecular weight excluding hydrogens is 214 g/mol. The monoisotopic (exact) mass is 227 g/mol. The number of hydrogen-bond acceptors (Lipinski definition) is 5. The molecule has 0 fully saturated rings. The van der Waals surface area contributed by atoms with Crippen LogP contribution in [0.5, 0.6) is 0 Å². The number of nitrogens with one attached hydrogen (secondary N) is 2. The predicted molar refractivity (Wildman–Crippen MR) is 52.6 cm³/mol. The van der Waals surface area contributed by atoms with E-state index in [0.717, 1.165) is 0 Å². The lowest BCUT2D eigenvalue weighted by Gasteiger charge is -2.24. The first kappa shape index (κ1) is 12.1. The molecule has 0 unspecified atom stereocenters. The lowest BCUT2D eigenvalue weighted by molar-refractivity contribution is -0.137. The smallest absolute Gasteiger partial charge is 0.303 e. The van der Waals surface area contributed by atoms with Gasteiger partial charge in [-0.2, -0.15) is 5.21 Å². The molecule has 0 atom stereocenters. The topological polar surface area (TPSA) is 121 Å². The summed E-state index contributed by atoms with van der Waals surface area (Å²) in [5.74, 6) is -1.45. The van der Waals surface area contributed by atoms with E-state index >= 15 is 0 Å². The quantitative estimate of drug-likeness (QED) is 0.627. The number of carboxylic acid groups (broad SMARTS) is 1. The number of tetrazole rings is 1. The summed E-state index contributed by atoms with van der Waals surface area (Å²) >= 11 is 0. The average Bonchev–Trinajstić information content (AvgIpc) is 2.67. The minimum atomic E-state index is -0.901. The van der Waals surface area contributed by atoms with Gasteiger partial charge in [0.05, 0.1) is 0 Å². The maximum Gasteiger partial charge on any atom is 0.303 e. The Bertz CT molecular complexity index is 373. The average molecular weight is 227 g/mol. The van der Waals surface area contributed by atoms with E-state index in [-0.39, 0.29) is 12.2 Å². The van der Waals surface area contributed by atoms with Crippen molar-refractivity contribution in [2.24, 2.45) is 0 Å². The van der Waals surface area contributed by atoms with Crippen LogP contribution in [0.25, 0.3) is 0 Å². The highest BCUT2D eigenvalue weighted by Crippen LogP contribution is 2.11. The normalized spacial score (nSPS) is 11.1. The van der Waals surface area contributed by atoms with Crippen molar-refractivity contribution >= 4 is 11.9 Å². The lowest BCUT2D eigenvalue weighted by Crippen LogP contribution is -2.44. The first-order valence-electron chi connectivity index (χ1n) is 4.68. The van der Waals surface area contributed by atoms with E-state index in [1.165, 1.54) is 0 Å². The predicted octanol–water partition coefficient (Wildman–Crippen LogP) is -0.427. The number of carbonyl (C=O) groups is 2. The van der Waals surface area contributed by atoms with E-state index in [1.807, 2.05) is 0 Å². The van der Waals surface area contributed by atoms with Crippen LogP contribution in [0.2, 0.25) is 0 Å². The van der Waals surface area contributed by atoms with Crippen LogP contribution >= 0.6 is 0 Å². The van der Waals surface area contributed by atoms with Crippen molar-refractivity contribution in [1.29, 1.82) is 0 Å². The molecule has 3 N–H and O–H groups in total. The zero-order chi connectivity index (χ0) is 12.2. The molecule has 1 aromatic heterocycles. The van der Waals surface area contributed by atoms with Gasteiger partial charge in [0.1, 0.15) is 0 Å². The number of aromatic nitrogens is 4. The van der Waals surface area contributed by atoms with Gasteiger partial charge in [-0.25, -0.2) is 0 Å². The Morgan fingerprint density at radius 3 is 2.69 bits per heavy atom. The second-order valence-corrected chi connectivity index (χ2v) is 3.97. The van der Waals surface area contributed by atoms with Crippen LogP contribution in [0.3, 0.4) is 0 Å². The molecule has 8 heteroatoms. The number of aromatic amines is 1. The maximum absolute atomic E-state index is 11.5. The van der Waals surface area contributed by atoms with Gasteiger partial charge in [0.25, 0.3) is 11.7 Å². The van der Waals surface area contributed by atoms with E-state index in [1.54, 1.807) is 13.8 Å². The summed E-state index contributed by atoms with van der Waals surface area (Å²) in [6.07, 6.45) is 0.311. The van der Waals surface area contributed by atoms with Crippen molar-refractivity contribution in [3.8, 4) is 0 Å². The van der Waals surface area contributed by atoms with Crippen molar-refractivity contribution in [3.63, 3.8) is 0 Å². The highest BCUT2D eigenvalue weighted by atomic mass is 16.4. The standard InChI is InChI=1S/C8H13N5O3/c1-8(2,4-3-5(14)15)9-7(16)6-10-12-13-11-6/h3-4H2,1-2H3,(H,9,16)(H,14,15)(H,10,11,12,13). The molecule has 0 saturated heterocycles. The molecule has 0 radical (unpaired) electrons. The van der Waals surface area contributed by atoms with Crippen LogP contribution < -0.4 is 5.32 Å². The molecule has 1 rings (SSSR count). The minimum Gasteiger partial charge on any atom is -0.481 e. The third-order valence-electron chi connectivity index (χ3n) is 1.96. The second-order valence-electron chi connectivity index (χ2n) is 3.97. The second kappa shape index (κ2) is 4.69. The van der Waals surface area contributed by atoms with Gasteiger partial charge in [-0.05, 0) is 25.5 Å². The van der Waals surface area contributed by atoms with Crippen molar-refractivity contribution in [2.75, 3.05) is 0 Å². The summed E-state index contributed by atoms with van der Waals surface area (Å²) in [7, 11) is 0. The molecule has 0 aliphatic rings. The Morgan fingerprint density at radius 2 is 2.19 bits per heavy atom. The van der Waals surface area contributed by atoms with E-state index in [0.29, 0.717) is 6.42 Å². The summed E-state index contributed by atoms with van der Waals surface area (Å²) in [6.45, 7) is 3.46. The summed E-state index contributed by atoms with van der Waals surface area (Å²) in [5.41, 5.74) is -0.629. The molecule has 0 aliphatic heterocycles. The van der Waals surface area contributed by atoms with E-state index in [9.17, 15) is 9.59 Å². The zero-order valence-electron chi connectivity index (χ0n) is 9.02. The number of carbonyl (C=O) groups excluding carboxylic acids is 1. The Kier molecular flexibility index (Phi) is 3.54. The van der Waals surface area contributed by atoms with E-state index in [2.05, 4.69) is 25.9 Å². The molecule has 0 bridgehead atoms. The molecule has 16 heavy (non-hydrogen) atoms. The summed E-state index contributed by atoms with van der Waals surface area (Å²) in [4.78, 5) is 21.9. The highest BCUT2D eigenvalue weighted by Gasteiger charge is 2.23. The van der Waals surface area contributed by atoms with Crippen LogP contribution in [0.15, 0.2) is 0 Å². The number of carboxylic acids is 1. The molecule has 1 amide bonds. The fourth-order valence-electron chi connectivity index (χ4n) is 1.10. The van der Waals surface area contributed by atoms with Gasteiger partial charge in [0.2, 0.25) is 0 Å². The Balaban J connectivity index is 2.52. The number of nitrogens with zero attached hydrogens (tertiary/aromatic N) is 3. The highest BCUT2D eigenvalue weighted by molar-refractivity contribution is 5.90. The van der Waals surface area contributed by atoms with Crippen LogP contribution in [0.1, 0.15) is 37.3 Å². The SMILES string of the molecule is CC(C)(CCC(=O)O)NC(=O)c1nn[nH]n1. The summed E-state index contributed by atoms with van der Waals surface area (Å²) in [5, 5.41) is 23.6. The van der Waals surface area contributed by atoms with Gasteiger partial charge in [0.15, 0.2) is 0 Å². The Morgan fingerprint density at radius 1 is 1.50 bits per heavy atom. The molecule has 0 spiro atoms. The minimum absolute atomic E-state index is 0.0144. The van der Waals surface area contributed by atoms with Crippen molar-refractivity contribution in [2.45, 2.75) is 32.2 Å². The fourth-order valence-corrected chi connectivity index (χ4v) is 1.10. The molecule has 0 saturated carbocycles. The van der Waals surface area contributed by atoms with Gasteiger partial charge < -0.3 is 10.4 Å². The number of rotatable bonds is 5. The molecule has 88 valence electrons. The molecule has 8 nitrogen and oxygen atoms in total. The first-order chi connectivity index (χ1) is 7.41. The largest absolute Gasteiger partial charge is 0.481 e. The molecule has 0 aliphatic carbocycles. The van der Waals surface area contributed by atoms with Crippen LogP contribution in [-0.2, 0) is 4.79 Å². The van der Waals surface area contributed by atoms with E-state index in [4.69, 9.17) is 5.11 Å². The third-order valence-corrected chi connectivity index (χ3v) is 1.96. The molecule has 1 aromatic rings. The zero-order valence-corrected chi connectivity index (χ0v) is 9.02. The molecule has 0 aromatic carbocycles. The Hall–Kier alpha value is -1.99. The number of aliphatic carboxylic acids is 1. The lowest BCUT2D eigenvalue weighted by atomic mass is 9.98. The number of H-pyrrole nitrogens is 1. The van der Waals surface area contributed by atoms with Crippen molar-refractivity contribution in [3.05, 3.63) is 5.82 Å². The van der Waals surface area contributed by atoms with Gasteiger partial charge >= 0.3 is 5.97 Å². The van der Waals surface area contributed by atoms with Gasteiger partial charge in [0, 0.05) is 12.0 Å².